The average molecular weight is 414 g/mol. The van der Waals surface area contributed by atoms with Crippen LogP contribution in [0.3, 0.4) is 0 Å². The van der Waals surface area contributed by atoms with Gasteiger partial charge >= 0.3 is 5.97 Å². The molecule has 0 bridgehead atoms. The van der Waals surface area contributed by atoms with Crippen molar-refractivity contribution in [1.29, 1.82) is 0 Å². The van der Waals surface area contributed by atoms with Gasteiger partial charge in [0, 0.05) is 26.2 Å². The van der Waals surface area contributed by atoms with E-state index in [-0.39, 0.29) is 33.4 Å². The lowest BCUT2D eigenvalue weighted by Gasteiger charge is -2.36. The first-order valence-corrected chi connectivity index (χ1v) is 9.69. The number of nitrogens with zero attached hydrogens (tertiary/aromatic N) is 4. The van der Waals surface area contributed by atoms with Crippen molar-refractivity contribution in [3.8, 4) is 5.88 Å². The lowest BCUT2D eigenvalue weighted by molar-refractivity contribution is 0.0693. The van der Waals surface area contributed by atoms with E-state index in [4.69, 9.17) is 21.4 Å². The second kappa shape index (κ2) is 8.13. The number of aromatic amines is 1. The van der Waals surface area contributed by atoms with Gasteiger partial charge in [-0.05, 0) is 19.8 Å². The molecule has 0 atom stereocenters. The first-order valence-electron chi connectivity index (χ1n) is 8.50. The Bertz CT molecular complexity index is 831. The molecule has 1 saturated heterocycles. The first-order chi connectivity index (χ1) is 12.9. The summed E-state index contributed by atoms with van der Waals surface area (Å²) in [5.74, 6) is -0.982. The van der Waals surface area contributed by atoms with Crippen LogP contribution in [0.4, 0.5) is 5.13 Å². The van der Waals surface area contributed by atoms with E-state index in [9.17, 15) is 9.59 Å². The van der Waals surface area contributed by atoms with Crippen molar-refractivity contribution in [3.05, 3.63) is 21.8 Å². The molecule has 2 N–H and O–H groups in total. The number of aromatic carboxylic acids is 1. The van der Waals surface area contributed by atoms with Gasteiger partial charge < -0.3 is 19.6 Å². The van der Waals surface area contributed by atoms with Crippen LogP contribution in [0.5, 0.6) is 5.88 Å². The van der Waals surface area contributed by atoms with Gasteiger partial charge in [0.25, 0.3) is 11.8 Å². The Morgan fingerprint density at radius 3 is 2.78 bits per heavy atom. The molecule has 1 aliphatic rings. The number of hydrogen-bond acceptors (Lipinski definition) is 7. The summed E-state index contributed by atoms with van der Waals surface area (Å²) in [7, 11) is 1.74. The van der Waals surface area contributed by atoms with Crippen LogP contribution in [0.15, 0.2) is 6.20 Å². The first kappa shape index (κ1) is 19.4. The number of aromatic nitrogens is 3. The number of carboxylic acid groups (broad SMARTS) is 1. The van der Waals surface area contributed by atoms with E-state index >= 15 is 0 Å². The number of H-pyrrole nitrogens is 1. The lowest BCUT2D eigenvalue weighted by Crippen LogP contribution is -2.45. The molecule has 27 heavy (non-hydrogen) atoms. The van der Waals surface area contributed by atoms with Crippen LogP contribution in [0, 0.1) is 0 Å². The smallest absolute Gasteiger partial charge is 0.347 e. The summed E-state index contributed by atoms with van der Waals surface area (Å²) in [5, 5.41) is 16.5. The third kappa shape index (κ3) is 4.01. The van der Waals surface area contributed by atoms with Gasteiger partial charge in [0.1, 0.15) is 15.6 Å². The summed E-state index contributed by atoms with van der Waals surface area (Å²) in [6, 6.07) is 0.0440. The molecule has 3 heterocycles. The Kier molecular flexibility index (Phi) is 5.85. The molecular formula is C16H20ClN5O4S. The third-order valence-corrected chi connectivity index (χ3v) is 5.88. The van der Waals surface area contributed by atoms with E-state index < -0.39 is 5.97 Å². The molecule has 0 unspecified atom stereocenters. The predicted molar refractivity (Wildman–Crippen MR) is 101 cm³/mol. The number of amides is 1. The Labute approximate surface area is 164 Å². The van der Waals surface area contributed by atoms with Crippen molar-refractivity contribution in [2.45, 2.75) is 25.8 Å². The van der Waals surface area contributed by atoms with Crippen molar-refractivity contribution < 1.29 is 19.4 Å². The number of anilines is 1. The van der Waals surface area contributed by atoms with Crippen LogP contribution in [0.25, 0.3) is 0 Å². The summed E-state index contributed by atoms with van der Waals surface area (Å²) < 4.78 is 5.28. The molecule has 9 nitrogen and oxygen atoms in total. The Morgan fingerprint density at radius 1 is 1.48 bits per heavy atom. The van der Waals surface area contributed by atoms with Crippen LogP contribution in [0.2, 0.25) is 5.02 Å². The van der Waals surface area contributed by atoms with Gasteiger partial charge in [-0.1, -0.05) is 22.9 Å². The van der Waals surface area contributed by atoms with Gasteiger partial charge in [-0.3, -0.25) is 9.89 Å². The predicted octanol–water partition coefficient (Wildman–Crippen LogP) is 2.36. The topological polar surface area (TPSA) is 112 Å². The van der Waals surface area contributed by atoms with Gasteiger partial charge in [-0.2, -0.15) is 0 Å². The number of thiazole rings is 1. The average Bonchev–Trinajstić information content (AvgIpc) is 3.29. The quantitative estimate of drug-likeness (QED) is 0.747. The number of carbonyl (C=O) groups excluding carboxylic acids is 1. The van der Waals surface area contributed by atoms with Gasteiger partial charge in [0.2, 0.25) is 0 Å². The van der Waals surface area contributed by atoms with Gasteiger partial charge in [-0.15, -0.1) is 5.10 Å². The Morgan fingerprint density at radius 2 is 2.19 bits per heavy atom. The van der Waals surface area contributed by atoms with Crippen molar-refractivity contribution >= 4 is 39.9 Å². The molecule has 3 rings (SSSR count). The SMILES string of the molecule is CCOc1n[nH]c(C(=O)N(C)C2CCN(c3ncc(C(=O)O)s3)CC2)c1Cl. The Balaban J connectivity index is 1.61. The molecule has 1 amide bonds. The fourth-order valence-electron chi connectivity index (χ4n) is 2.98. The molecule has 1 fully saturated rings. The maximum Gasteiger partial charge on any atom is 0.347 e. The summed E-state index contributed by atoms with van der Waals surface area (Å²) in [6.45, 7) is 3.60. The van der Waals surface area contributed by atoms with Crippen LogP contribution in [-0.4, -0.2) is 69.9 Å². The normalized spacial score (nSPS) is 15.0. The van der Waals surface area contributed by atoms with Crippen LogP contribution in [0.1, 0.15) is 39.9 Å². The van der Waals surface area contributed by atoms with Crippen molar-refractivity contribution in [3.63, 3.8) is 0 Å². The molecule has 0 aromatic carbocycles. The number of carboxylic acids is 1. The standard InChI is InChI=1S/C16H20ClN5O4S/c1-3-26-13-11(17)12(19-20-13)14(23)21(2)9-4-6-22(7-5-9)16-18-8-10(27-16)15(24)25/h8-9H,3-7H2,1-2H3,(H,19,20)(H,24,25). The minimum atomic E-state index is -0.971. The molecule has 0 aliphatic carbocycles. The summed E-state index contributed by atoms with van der Waals surface area (Å²) >= 11 is 7.34. The van der Waals surface area contributed by atoms with Gasteiger partial charge in [0.05, 0.1) is 12.8 Å². The molecule has 146 valence electrons. The summed E-state index contributed by atoms with van der Waals surface area (Å²) in [5.41, 5.74) is 0.219. The minimum absolute atomic E-state index is 0.0440. The number of halogens is 1. The highest BCUT2D eigenvalue weighted by molar-refractivity contribution is 7.17. The number of piperidine rings is 1. The second-order valence-electron chi connectivity index (χ2n) is 6.10. The summed E-state index contributed by atoms with van der Waals surface area (Å²) in [6.07, 6.45) is 2.86. The fourth-order valence-corrected chi connectivity index (χ4v) is 4.01. The van der Waals surface area contributed by atoms with E-state index in [1.807, 2.05) is 11.8 Å². The number of carbonyl (C=O) groups is 2. The third-order valence-electron chi connectivity index (χ3n) is 4.48. The molecule has 0 radical (unpaired) electrons. The monoisotopic (exact) mass is 413 g/mol. The molecule has 0 saturated carbocycles. The van der Waals surface area contributed by atoms with Crippen molar-refractivity contribution in [1.82, 2.24) is 20.1 Å². The minimum Gasteiger partial charge on any atom is -0.477 e. The molecule has 1 aliphatic heterocycles. The van der Waals surface area contributed by atoms with E-state index in [1.165, 1.54) is 6.20 Å². The number of hydrogen-bond donors (Lipinski definition) is 2. The highest BCUT2D eigenvalue weighted by atomic mass is 35.5. The number of rotatable bonds is 6. The maximum atomic E-state index is 12.7. The van der Waals surface area contributed by atoms with Gasteiger partial charge in [0.15, 0.2) is 5.13 Å². The zero-order valence-electron chi connectivity index (χ0n) is 14.9. The van der Waals surface area contributed by atoms with Crippen LogP contribution < -0.4 is 9.64 Å². The Hall–Kier alpha value is -2.33. The largest absolute Gasteiger partial charge is 0.477 e. The zero-order chi connectivity index (χ0) is 19.6. The molecule has 0 spiro atoms. The van der Waals surface area contributed by atoms with Crippen LogP contribution >= 0.6 is 22.9 Å². The molecule has 11 heteroatoms. The highest BCUT2D eigenvalue weighted by Crippen LogP contribution is 2.29. The van der Waals surface area contributed by atoms with E-state index in [0.717, 1.165) is 24.2 Å². The molecule has 2 aromatic heterocycles. The number of nitrogens with one attached hydrogen (secondary N) is 1. The molecular weight excluding hydrogens is 394 g/mol. The summed E-state index contributed by atoms with van der Waals surface area (Å²) in [4.78, 5) is 31.8. The van der Waals surface area contributed by atoms with E-state index in [2.05, 4.69) is 15.2 Å². The second-order valence-corrected chi connectivity index (χ2v) is 7.48. The number of ether oxygens (including phenoxy) is 1. The molecule has 2 aromatic rings. The lowest BCUT2D eigenvalue weighted by atomic mass is 10.0. The zero-order valence-corrected chi connectivity index (χ0v) is 16.5. The van der Waals surface area contributed by atoms with Crippen molar-refractivity contribution in [2.75, 3.05) is 31.6 Å². The fraction of sp³-hybridized carbons (Fsp3) is 0.500. The highest BCUT2D eigenvalue weighted by Gasteiger charge is 2.30. The van der Waals surface area contributed by atoms with Crippen molar-refractivity contribution in [2.24, 2.45) is 0 Å². The van der Waals surface area contributed by atoms with E-state index in [1.54, 1.807) is 11.9 Å². The van der Waals surface area contributed by atoms with Gasteiger partial charge in [-0.25, -0.2) is 9.78 Å². The maximum absolute atomic E-state index is 12.7. The van der Waals surface area contributed by atoms with Crippen LogP contribution in [-0.2, 0) is 0 Å². The van der Waals surface area contributed by atoms with E-state index in [0.29, 0.717) is 24.8 Å².